The lowest BCUT2D eigenvalue weighted by molar-refractivity contribution is 0.633. The fourth-order valence-corrected chi connectivity index (χ4v) is 2.89. The highest BCUT2D eigenvalue weighted by Crippen LogP contribution is 2.22. The van der Waals surface area contributed by atoms with Gasteiger partial charge in [0.25, 0.3) is 0 Å². The van der Waals surface area contributed by atoms with Crippen molar-refractivity contribution in [1.29, 1.82) is 0 Å². The van der Waals surface area contributed by atoms with Crippen LogP contribution >= 0.6 is 11.3 Å². The standard InChI is InChI=1S/C13H15N5S/c1-9-15-16-13-18(9)17-12(19-13)11(14)8-7-10-5-3-2-4-6-10/h2-6,11H,7-8,14H2,1H3. The van der Waals surface area contributed by atoms with Crippen molar-refractivity contribution in [3.05, 3.63) is 46.7 Å². The Morgan fingerprint density at radius 3 is 2.79 bits per heavy atom. The molecule has 1 unspecified atom stereocenters. The Morgan fingerprint density at radius 1 is 1.26 bits per heavy atom. The Kier molecular flexibility index (Phi) is 3.27. The largest absolute Gasteiger partial charge is 0.322 e. The lowest BCUT2D eigenvalue weighted by atomic mass is 10.1. The van der Waals surface area contributed by atoms with Gasteiger partial charge in [0.05, 0.1) is 6.04 Å². The highest BCUT2D eigenvalue weighted by atomic mass is 32.1. The van der Waals surface area contributed by atoms with Crippen LogP contribution < -0.4 is 5.73 Å². The molecule has 0 aliphatic carbocycles. The molecule has 5 nitrogen and oxygen atoms in total. The molecule has 1 atom stereocenters. The summed E-state index contributed by atoms with van der Waals surface area (Å²) in [6.45, 7) is 1.89. The molecule has 98 valence electrons. The lowest BCUT2D eigenvalue weighted by Crippen LogP contribution is -2.11. The topological polar surface area (TPSA) is 69.1 Å². The average molecular weight is 273 g/mol. The van der Waals surface area contributed by atoms with Crippen molar-refractivity contribution >= 4 is 16.3 Å². The van der Waals surface area contributed by atoms with Gasteiger partial charge in [-0.25, -0.2) is 0 Å². The number of fused-ring (bicyclic) bond motifs is 1. The molecule has 3 rings (SSSR count). The van der Waals surface area contributed by atoms with E-state index < -0.39 is 0 Å². The molecule has 0 amide bonds. The van der Waals surface area contributed by atoms with E-state index in [1.165, 1.54) is 16.9 Å². The Bertz CT molecular complexity index is 673. The number of nitrogens with two attached hydrogens (primary N) is 1. The molecule has 0 aliphatic rings. The van der Waals surface area contributed by atoms with E-state index in [0.717, 1.165) is 28.6 Å². The highest BCUT2D eigenvalue weighted by Gasteiger charge is 2.14. The van der Waals surface area contributed by atoms with Gasteiger partial charge >= 0.3 is 0 Å². The van der Waals surface area contributed by atoms with Crippen LogP contribution in [-0.2, 0) is 6.42 Å². The number of hydrogen-bond donors (Lipinski definition) is 1. The SMILES string of the molecule is Cc1nnc2sc(C(N)CCc3ccccc3)nn12. The average Bonchev–Trinajstić information content (AvgIpc) is 3.00. The van der Waals surface area contributed by atoms with Crippen LogP contribution in [0.2, 0.25) is 0 Å². The fraction of sp³-hybridized carbons (Fsp3) is 0.308. The molecule has 2 heterocycles. The molecule has 19 heavy (non-hydrogen) atoms. The number of benzene rings is 1. The molecule has 6 heteroatoms. The van der Waals surface area contributed by atoms with Crippen molar-refractivity contribution in [3.63, 3.8) is 0 Å². The summed E-state index contributed by atoms with van der Waals surface area (Å²) < 4.78 is 1.75. The van der Waals surface area contributed by atoms with Gasteiger partial charge in [-0.1, -0.05) is 41.7 Å². The molecule has 0 aliphatic heterocycles. The normalized spacial score (nSPS) is 12.9. The minimum Gasteiger partial charge on any atom is -0.322 e. The zero-order valence-corrected chi connectivity index (χ0v) is 11.5. The first kappa shape index (κ1) is 12.3. The monoisotopic (exact) mass is 273 g/mol. The van der Waals surface area contributed by atoms with E-state index in [0.29, 0.717) is 0 Å². The van der Waals surface area contributed by atoms with Gasteiger partial charge in [-0.15, -0.1) is 10.2 Å². The van der Waals surface area contributed by atoms with Crippen LogP contribution in [0.4, 0.5) is 0 Å². The third-order valence-electron chi connectivity index (χ3n) is 3.07. The summed E-state index contributed by atoms with van der Waals surface area (Å²) in [5.41, 5.74) is 7.51. The van der Waals surface area contributed by atoms with Crippen LogP contribution in [0.5, 0.6) is 0 Å². The predicted molar refractivity (Wildman–Crippen MR) is 75.1 cm³/mol. The molecule has 3 aromatic rings. The van der Waals surface area contributed by atoms with Crippen molar-refractivity contribution in [3.8, 4) is 0 Å². The van der Waals surface area contributed by atoms with Gasteiger partial charge in [0.2, 0.25) is 4.96 Å². The van der Waals surface area contributed by atoms with Crippen LogP contribution in [0.25, 0.3) is 4.96 Å². The van der Waals surface area contributed by atoms with E-state index in [1.54, 1.807) is 4.52 Å². The van der Waals surface area contributed by atoms with Crippen molar-refractivity contribution in [2.24, 2.45) is 5.73 Å². The van der Waals surface area contributed by atoms with Crippen LogP contribution in [0.3, 0.4) is 0 Å². The van der Waals surface area contributed by atoms with E-state index in [9.17, 15) is 0 Å². The highest BCUT2D eigenvalue weighted by molar-refractivity contribution is 7.16. The summed E-state index contributed by atoms with van der Waals surface area (Å²) in [6.07, 6.45) is 1.84. The molecule has 0 saturated carbocycles. The van der Waals surface area contributed by atoms with Crippen LogP contribution in [0.15, 0.2) is 30.3 Å². The molecule has 2 N–H and O–H groups in total. The van der Waals surface area contributed by atoms with E-state index in [4.69, 9.17) is 5.73 Å². The maximum atomic E-state index is 6.20. The third kappa shape index (κ3) is 2.50. The van der Waals surface area contributed by atoms with Gasteiger partial charge in [0.15, 0.2) is 5.82 Å². The van der Waals surface area contributed by atoms with E-state index in [-0.39, 0.29) is 6.04 Å². The minimum atomic E-state index is -0.0497. The Hall–Kier alpha value is -1.79. The van der Waals surface area contributed by atoms with E-state index in [2.05, 4.69) is 27.4 Å². The first-order chi connectivity index (χ1) is 9.24. The molecular formula is C13H15N5S. The molecule has 0 saturated heterocycles. The van der Waals surface area contributed by atoms with E-state index in [1.807, 2.05) is 25.1 Å². The first-order valence-corrected chi connectivity index (χ1v) is 7.04. The lowest BCUT2D eigenvalue weighted by Gasteiger charge is -2.07. The summed E-state index contributed by atoms with van der Waals surface area (Å²) in [5.74, 6) is 0.799. The van der Waals surface area contributed by atoms with Gasteiger partial charge in [0, 0.05) is 0 Å². The molecule has 0 radical (unpaired) electrons. The van der Waals surface area contributed by atoms with Gasteiger partial charge in [-0.05, 0) is 25.3 Å². The smallest absolute Gasteiger partial charge is 0.234 e. The number of aromatic nitrogens is 4. The van der Waals surface area contributed by atoms with Crippen molar-refractivity contribution in [2.45, 2.75) is 25.8 Å². The fourth-order valence-electron chi connectivity index (χ4n) is 1.97. The maximum absolute atomic E-state index is 6.20. The number of hydrogen-bond acceptors (Lipinski definition) is 5. The molecule has 0 bridgehead atoms. The van der Waals surface area contributed by atoms with Crippen molar-refractivity contribution < 1.29 is 0 Å². The van der Waals surface area contributed by atoms with Crippen molar-refractivity contribution in [1.82, 2.24) is 19.8 Å². The number of aryl methyl sites for hydroxylation is 2. The minimum absolute atomic E-state index is 0.0497. The zero-order chi connectivity index (χ0) is 13.2. The molecule has 0 fully saturated rings. The molecule has 0 spiro atoms. The second-order valence-electron chi connectivity index (χ2n) is 4.51. The molecular weight excluding hydrogens is 258 g/mol. The first-order valence-electron chi connectivity index (χ1n) is 6.22. The van der Waals surface area contributed by atoms with Gasteiger partial charge in [-0.2, -0.15) is 9.61 Å². The Morgan fingerprint density at radius 2 is 2.05 bits per heavy atom. The second kappa shape index (κ2) is 5.07. The van der Waals surface area contributed by atoms with Gasteiger partial charge in [0.1, 0.15) is 5.01 Å². The number of rotatable bonds is 4. The van der Waals surface area contributed by atoms with Crippen molar-refractivity contribution in [2.75, 3.05) is 0 Å². The summed E-state index contributed by atoms with van der Waals surface area (Å²) in [6, 6.07) is 10.3. The van der Waals surface area contributed by atoms with Crippen LogP contribution in [0.1, 0.15) is 28.9 Å². The summed E-state index contributed by atoms with van der Waals surface area (Å²) >= 11 is 1.51. The third-order valence-corrected chi connectivity index (χ3v) is 4.10. The molecule has 2 aromatic heterocycles. The summed E-state index contributed by atoms with van der Waals surface area (Å²) in [7, 11) is 0. The van der Waals surface area contributed by atoms with Crippen LogP contribution in [-0.4, -0.2) is 19.8 Å². The number of nitrogens with zero attached hydrogens (tertiary/aromatic N) is 4. The van der Waals surface area contributed by atoms with E-state index >= 15 is 0 Å². The van der Waals surface area contributed by atoms with Gasteiger partial charge < -0.3 is 5.73 Å². The zero-order valence-electron chi connectivity index (χ0n) is 10.7. The molecule has 1 aromatic carbocycles. The maximum Gasteiger partial charge on any atom is 0.234 e. The Labute approximate surface area is 115 Å². The van der Waals surface area contributed by atoms with Crippen LogP contribution in [0, 0.1) is 6.92 Å². The second-order valence-corrected chi connectivity index (χ2v) is 5.50. The van der Waals surface area contributed by atoms with Gasteiger partial charge in [-0.3, -0.25) is 0 Å². The predicted octanol–water partition coefficient (Wildman–Crippen LogP) is 2.13. The summed E-state index contributed by atoms with van der Waals surface area (Å²) in [4.78, 5) is 0.808. The Balaban J connectivity index is 1.71. The quantitative estimate of drug-likeness (QED) is 0.790. The summed E-state index contributed by atoms with van der Waals surface area (Å²) in [5, 5.41) is 13.4.